The molecular weight excluding hydrogens is 463 g/mol. The van der Waals surface area contributed by atoms with Gasteiger partial charge >= 0.3 is 0 Å². The lowest BCUT2D eigenvalue weighted by molar-refractivity contribution is -0.118. The second kappa shape index (κ2) is 10.4. The Hall–Kier alpha value is -3.63. The van der Waals surface area contributed by atoms with Gasteiger partial charge in [0.15, 0.2) is 18.1 Å². The van der Waals surface area contributed by atoms with E-state index >= 15 is 0 Å². The number of methoxy groups -OCH3 is 1. The Balaban J connectivity index is 1.81. The normalized spacial score (nSPS) is 10.8. The van der Waals surface area contributed by atoms with Gasteiger partial charge in [-0.2, -0.15) is 5.26 Å². The van der Waals surface area contributed by atoms with E-state index in [0.717, 1.165) is 0 Å². The van der Waals surface area contributed by atoms with Crippen molar-refractivity contribution in [2.45, 2.75) is 0 Å². The molecule has 0 aliphatic heterocycles. The molecule has 0 heterocycles. The second-order valence-electron chi connectivity index (χ2n) is 6.39. The van der Waals surface area contributed by atoms with Gasteiger partial charge in [-0.1, -0.05) is 36.4 Å². The molecule has 3 aromatic rings. The molecule has 1 N–H and O–H groups in total. The first kappa shape index (κ1) is 22.1. The summed E-state index contributed by atoms with van der Waals surface area (Å²) in [5.74, 6) is -0.104. The molecule has 7 heteroatoms. The monoisotopic (exact) mass is 480 g/mol. The Morgan fingerprint density at radius 1 is 1.16 bits per heavy atom. The van der Waals surface area contributed by atoms with Crippen LogP contribution in [-0.4, -0.2) is 19.6 Å². The summed E-state index contributed by atoms with van der Waals surface area (Å²) in [5, 5.41) is 12.2. The lowest BCUT2D eigenvalue weighted by atomic mass is 10.0. The zero-order valence-corrected chi connectivity index (χ0v) is 18.1. The van der Waals surface area contributed by atoms with E-state index in [-0.39, 0.29) is 23.7 Å². The van der Waals surface area contributed by atoms with Crippen LogP contribution in [0, 0.1) is 17.1 Å². The van der Waals surface area contributed by atoms with Gasteiger partial charge in [0.2, 0.25) is 0 Å². The Morgan fingerprint density at radius 3 is 2.55 bits per heavy atom. The largest absolute Gasteiger partial charge is 0.493 e. The molecular formula is C24H18BrFN2O3. The fourth-order valence-corrected chi connectivity index (χ4v) is 3.41. The molecule has 0 aliphatic carbocycles. The van der Waals surface area contributed by atoms with E-state index in [1.807, 2.05) is 24.3 Å². The number of halogens is 2. The number of nitriles is 1. The molecule has 0 saturated heterocycles. The maximum absolute atomic E-state index is 14.1. The molecule has 1 amide bonds. The lowest BCUT2D eigenvalue weighted by Crippen LogP contribution is -2.20. The molecule has 0 spiro atoms. The molecule has 31 heavy (non-hydrogen) atoms. The van der Waals surface area contributed by atoms with Crippen LogP contribution in [0.5, 0.6) is 11.5 Å². The first-order chi connectivity index (χ1) is 15.0. The zero-order valence-electron chi connectivity index (χ0n) is 16.6. The summed E-state index contributed by atoms with van der Waals surface area (Å²) in [6.45, 7) is -0.224. The van der Waals surface area contributed by atoms with Crippen molar-refractivity contribution < 1.29 is 18.7 Å². The number of para-hydroxylation sites is 1. The molecule has 5 nitrogen and oxygen atoms in total. The minimum absolute atomic E-state index is 0.169. The third kappa shape index (κ3) is 5.71. The number of nitrogens with zero attached hydrogens (tertiary/aromatic N) is 1. The fraction of sp³-hybridized carbons (Fsp3) is 0.0833. The van der Waals surface area contributed by atoms with E-state index in [9.17, 15) is 14.4 Å². The minimum atomic E-state index is -0.481. The number of hydrogen-bond donors (Lipinski definition) is 1. The molecule has 0 saturated carbocycles. The highest BCUT2D eigenvalue weighted by Gasteiger charge is 2.14. The number of carbonyl (C=O) groups is 1. The third-order valence-electron chi connectivity index (χ3n) is 4.25. The Morgan fingerprint density at radius 2 is 1.87 bits per heavy atom. The topological polar surface area (TPSA) is 71.3 Å². The average molecular weight is 481 g/mol. The van der Waals surface area contributed by atoms with E-state index in [4.69, 9.17) is 9.47 Å². The van der Waals surface area contributed by atoms with Crippen LogP contribution in [0.1, 0.15) is 11.1 Å². The summed E-state index contributed by atoms with van der Waals surface area (Å²) in [4.78, 5) is 12.2. The van der Waals surface area contributed by atoms with Crippen LogP contribution < -0.4 is 14.8 Å². The van der Waals surface area contributed by atoms with Crippen LogP contribution in [0.15, 0.2) is 71.2 Å². The predicted molar refractivity (Wildman–Crippen MR) is 121 cm³/mol. The van der Waals surface area contributed by atoms with Crippen molar-refractivity contribution in [1.29, 1.82) is 5.26 Å². The second-order valence-corrected chi connectivity index (χ2v) is 7.24. The number of rotatable bonds is 7. The third-order valence-corrected chi connectivity index (χ3v) is 4.84. The smallest absolute Gasteiger partial charge is 0.262 e. The maximum atomic E-state index is 14.1. The van der Waals surface area contributed by atoms with Gasteiger partial charge < -0.3 is 14.8 Å². The number of ether oxygens (including phenoxy) is 2. The van der Waals surface area contributed by atoms with Crippen LogP contribution in [0.3, 0.4) is 0 Å². The summed E-state index contributed by atoms with van der Waals surface area (Å²) in [6.07, 6.45) is 1.55. The van der Waals surface area contributed by atoms with Crippen molar-refractivity contribution in [2.24, 2.45) is 0 Å². The van der Waals surface area contributed by atoms with Crippen LogP contribution in [0.4, 0.5) is 10.1 Å². The van der Waals surface area contributed by atoms with Gasteiger partial charge in [0.05, 0.1) is 23.2 Å². The fourth-order valence-electron chi connectivity index (χ4n) is 2.84. The van der Waals surface area contributed by atoms with Gasteiger partial charge in [-0.15, -0.1) is 0 Å². The van der Waals surface area contributed by atoms with Gasteiger partial charge in [0, 0.05) is 11.3 Å². The highest BCUT2D eigenvalue weighted by molar-refractivity contribution is 9.10. The Bertz CT molecular complexity index is 1160. The Kier molecular flexibility index (Phi) is 7.41. The van der Waals surface area contributed by atoms with Crippen molar-refractivity contribution in [2.75, 3.05) is 19.0 Å². The van der Waals surface area contributed by atoms with Crippen molar-refractivity contribution in [1.82, 2.24) is 0 Å². The summed E-state index contributed by atoms with van der Waals surface area (Å²) >= 11 is 3.42. The highest BCUT2D eigenvalue weighted by atomic mass is 79.9. The first-order valence-electron chi connectivity index (χ1n) is 9.23. The lowest BCUT2D eigenvalue weighted by Gasteiger charge is -2.14. The maximum Gasteiger partial charge on any atom is 0.262 e. The van der Waals surface area contributed by atoms with Crippen molar-refractivity contribution >= 4 is 39.2 Å². The van der Waals surface area contributed by atoms with E-state index in [1.165, 1.54) is 13.2 Å². The van der Waals surface area contributed by atoms with Crippen LogP contribution in [0.2, 0.25) is 0 Å². The Labute approximate surface area is 187 Å². The van der Waals surface area contributed by atoms with E-state index in [1.54, 1.807) is 48.5 Å². The number of anilines is 1. The number of benzene rings is 3. The summed E-state index contributed by atoms with van der Waals surface area (Å²) in [5.41, 5.74) is 1.64. The summed E-state index contributed by atoms with van der Waals surface area (Å²) in [6, 6.07) is 20.5. The minimum Gasteiger partial charge on any atom is -0.493 e. The molecule has 3 aromatic carbocycles. The van der Waals surface area contributed by atoms with Crippen LogP contribution in [-0.2, 0) is 4.79 Å². The molecule has 0 unspecified atom stereocenters. The molecule has 3 rings (SSSR count). The van der Waals surface area contributed by atoms with Gasteiger partial charge in [-0.25, -0.2) is 4.39 Å². The number of allylic oxidation sites excluding steroid dienone is 1. The van der Waals surface area contributed by atoms with E-state index in [2.05, 4.69) is 21.2 Å². The quantitative estimate of drug-likeness (QED) is 0.348. The number of hydrogen-bond acceptors (Lipinski definition) is 4. The van der Waals surface area contributed by atoms with Crippen molar-refractivity contribution in [3.63, 3.8) is 0 Å². The summed E-state index contributed by atoms with van der Waals surface area (Å²) < 4.78 is 25.6. The predicted octanol–water partition coefficient (Wildman–Crippen LogP) is 5.68. The summed E-state index contributed by atoms with van der Waals surface area (Å²) in [7, 11) is 1.47. The zero-order chi connectivity index (χ0) is 22.2. The van der Waals surface area contributed by atoms with Crippen LogP contribution >= 0.6 is 15.9 Å². The van der Waals surface area contributed by atoms with Crippen LogP contribution in [0.25, 0.3) is 11.6 Å². The van der Waals surface area contributed by atoms with Gasteiger partial charge in [-0.3, -0.25) is 4.79 Å². The first-order valence-corrected chi connectivity index (χ1v) is 10.0. The van der Waals surface area contributed by atoms with Crippen molar-refractivity contribution in [3.8, 4) is 17.6 Å². The SMILES string of the molecule is COc1cc(/C=C(/C#N)c2ccccc2F)cc(Br)c1OCC(=O)Nc1ccccc1. The highest BCUT2D eigenvalue weighted by Crippen LogP contribution is 2.37. The van der Waals surface area contributed by atoms with E-state index < -0.39 is 5.82 Å². The number of nitrogens with one attached hydrogen (secondary N) is 1. The standard InChI is InChI=1S/C24H18BrFN2O3/c1-30-22-13-16(11-17(14-27)19-9-5-6-10-21(19)26)12-20(25)24(22)31-15-23(29)28-18-7-3-2-4-8-18/h2-13H,15H2,1H3,(H,28,29)/b17-11-. The average Bonchev–Trinajstić information content (AvgIpc) is 2.77. The molecule has 0 radical (unpaired) electrons. The van der Waals surface area contributed by atoms with Gasteiger partial charge in [-0.05, 0) is 57.9 Å². The van der Waals surface area contributed by atoms with Gasteiger partial charge in [0.25, 0.3) is 5.91 Å². The molecule has 0 aliphatic rings. The van der Waals surface area contributed by atoms with E-state index in [0.29, 0.717) is 27.2 Å². The molecule has 0 atom stereocenters. The molecule has 0 fully saturated rings. The van der Waals surface area contributed by atoms with Crippen molar-refractivity contribution in [3.05, 3.63) is 88.1 Å². The molecule has 0 aromatic heterocycles. The molecule has 156 valence electrons. The number of amides is 1. The molecule has 0 bridgehead atoms. The number of carbonyl (C=O) groups excluding carboxylic acids is 1. The van der Waals surface area contributed by atoms with Gasteiger partial charge in [0.1, 0.15) is 5.82 Å².